The molecule has 1 fully saturated rings. The predicted molar refractivity (Wildman–Crippen MR) is 51.4 cm³/mol. The molecule has 0 radical (unpaired) electrons. The SMILES string of the molecule is CC(C)(C)CNC(=O)[C@@H]1CCCO1. The molecular formula is C10H19NO2. The van der Waals surface area contributed by atoms with Gasteiger partial charge in [-0.1, -0.05) is 20.8 Å². The highest BCUT2D eigenvalue weighted by molar-refractivity contribution is 5.80. The van der Waals surface area contributed by atoms with Crippen molar-refractivity contribution in [3.8, 4) is 0 Å². The van der Waals surface area contributed by atoms with Crippen LogP contribution in [-0.4, -0.2) is 25.2 Å². The minimum atomic E-state index is -0.192. The van der Waals surface area contributed by atoms with Gasteiger partial charge in [0.25, 0.3) is 0 Å². The number of rotatable bonds is 2. The summed E-state index contributed by atoms with van der Waals surface area (Å²) in [6, 6.07) is 0. The first-order chi connectivity index (χ1) is 5.99. The van der Waals surface area contributed by atoms with E-state index in [-0.39, 0.29) is 17.4 Å². The van der Waals surface area contributed by atoms with Gasteiger partial charge < -0.3 is 10.1 Å². The maximum Gasteiger partial charge on any atom is 0.249 e. The van der Waals surface area contributed by atoms with E-state index >= 15 is 0 Å². The van der Waals surface area contributed by atoms with Crippen LogP contribution < -0.4 is 5.32 Å². The Labute approximate surface area is 79.8 Å². The molecule has 0 unspecified atom stereocenters. The zero-order chi connectivity index (χ0) is 9.90. The van der Waals surface area contributed by atoms with Crippen LogP contribution in [0.15, 0.2) is 0 Å². The Hall–Kier alpha value is -0.570. The van der Waals surface area contributed by atoms with E-state index in [2.05, 4.69) is 26.1 Å². The largest absolute Gasteiger partial charge is 0.368 e. The molecule has 0 bridgehead atoms. The maximum atomic E-state index is 11.5. The number of ether oxygens (including phenoxy) is 1. The van der Waals surface area contributed by atoms with Crippen LogP contribution in [0.2, 0.25) is 0 Å². The quantitative estimate of drug-likeness (QED) is 0.704. The van der Waals surface area contributed by atoms with E-state index in [0.717, 1.165) is 19.4 Å². The highest BCUT2D eigenvalue weighted by Crippen LogP contribution is 2.14. The minimum Gasteiger partial charge on any atom is -0.368 e. The van der Waals surface area contributed by atoms with E-state index in [1.54, 1.807) is 0 Å². The molecule has 0 spiro atoms. The predicted octanol–water partition coefficient (Wildman–Crippen LogP) is 1.33. The van der Waals surface area contributed by atoms with Crippen LogP contribution in [0, 0.1) is 5.41 Å². The molecule has 13 heavy (non-hydrogen) atoms. The summed E-state index contributed by atoms with van der Waals surface area (Å²) in [5.74, 6) is 0.0485. The molecule has 1 N–H and O–H groups in total. The molecule has 1 aliphatic rings. The lowest BCUT2D eigenvalue weighted by atomic mass is 9.97. The lowest BCUT2D eigenvalue weighted by molar-refractivity contribution is -0.130. The van der Waals surface area contributed by atoms with Crippen molar-refractivity contribution < 1.29 is 9.53 Å². The van der Waals surface area contributed by atoms with Gasteiger partial charge in [-0.3, -0.25) is 4.79 Å². The Balaban J connectivity index is 2.25. The molecule has 1 saturated heterocycles. The maximum absolute atomic E-state index is 11.5. The molecule has 1 amide bonds. The number of carbonyl (C=O) groups is 1. The molecule has 0 aromatic rings. The van der Waals surface area contributed by atoms with Crippen LogP contribution in [0.1, 0.15) is 33.6 Å². The molecule has 0 aromatic carbocycles. The number of hydrogen-bond donors (Lipinski definition) is 1. The summed E-state index contributed by atoms with van der Waals surface area (Å²) in [5.41, 5.74) is 0.147. The van der Waals surface area contributed by atoms with Gasteiger partial charge in [-0.05, 0) is 18.3 Å². The smallest absolute Gasteiger partial charge is 0.249 e. The third kappa shape index (κ3) is 3.77. The standard InChI is InChI=1S/C10H19NO2/c1-10(2,3)7-11-9(12)8-5-4-6-13-8/h8H,4-7H2,1-3H3,(H,11,12)/t8-/m0/s1. The van der Waals surface area contributed by atoms with Gasteiger partial charge in [-0.15, -0.1) is 0 Å². The first kappa shape index (κ1) is 10.5. The van der Waals surface area contributed by atoms with Crippen molar-refractivity contribution in [1.29, 1.82) is 0 Å². The highest BCUT2D eigenvalue weighted by Gasteiger charge is 2.24. The van der Waals surface area contributed by atoms with Gasteiger partial charge in [-0.2, -0.15) is 0 Å². The van der Waals surface area contributed by atoms with Crippen LogP contribution in [-0.2, 0) is 9.53 Å². The van der Waals surface area contributed by atoms with Gasteiger partial charge in [0.1, 0.15) is 6.10 Å². The summed E-state index contributed by atoms with van der Waals surface area (Å²) in [7, 11) is 0. The first-order valence-electron chi connectivity index (χ1n) is 4.88. The Morgan fingerprint density at radius 2 is 2.23 bits per heavy atom. The van der Waals surface area contributed by atoms with Crippen LogP contribution in [0.25, 0.3) is 0 Å². The van der Waals surface area contributed by atoms with Crippen LogP contribution in [0.3, 0.4) is 0 Å². The second-order valence-corrected chi connectivity index (χ2v) is 4.78. The van der Waals surface area contributed by atoms with Gasteiger partial charge in [0.2, 0.25) is 5.91 Å². The molecule has 1 aliphatic heterocycles. The third-order valence-corrected chi connectivity index (χ3v) is 2.02. The Morgan fingerprint density at radius 3 is 2.69 bits per heavy atom. The van der Waals surface area contributed by atoms with E-state index in [4.69, 9.17) is 4.74 Å². The molecule has 0 saturated carbocycles. The fraction of sp³-hybridized carbons (Fsp3) is 0.900. The van der Waals surface area contributed by atoms with Crippen LogP contribution >= 0.6 is 0 Å². The zero-order valence-electron chi connectivity index (χ0n) is 8.72. The molecule has 76 valence electrons. The zero-order valence-corrected chi connectivity index (χ0v) is 8.72. The molecule has 0 aromatic heterocycles. The molecule has 1 atom stereocenters. The van der Waals surface area contributed by atoms with E-state index in [9.17, 15) is 4.79 Å². The average Bonchev–Trinajstić information content (AvgIpc) is 2.50. The van der Waals surface area contributed by atoms with Crippen LogP contribution in [0.5, 0.6) is 0 Å². The van der Waals surface area contributed by atoms with Crippen molar-refractivity contribution >= 4 is 5.91 Å². The second-order valence-electron chi connectivity index (χ2n) is 4.78. The van der Waals surface area contributed by atoms with E-state index in [1.165, 1.54) is 0 Å². The van der Waals surface area contributed by atoms with Gasteiger partial charge in [0.05, 0.1) is 0 Å². The van der Waals surface area contributed by atoms with E-state index < -0.39 is 0 Å². The van der Waals surface area contributed by atoms with Crippen molar-refractivity contribution in [2.24, 2.45) is 5.41 Å². The van der Waals surface area contributed by atoms with Crippen molar-refractivity contribution in [2.45, 2.75) is 39.7 Å². The van der Waals surface area contributed by atoms with Gasteiger partial charge in [0.15, 0.2) is 0 Å². The van der Waals surface area contributed by atoms with Crippen molar-refractivity contribution in [3.05, 3.63) is 0 Å². The van der Waals surface area contributed by atoms with E-state index in [0.29, 0.717) is 6.54 Å². The summed E-state index contributed by atoms with van der Waals surface area (Å²) in [4.78, 5) is 11.5. The average molecular weight is 185 g/mol. The van der Waals surface area contributed by atoms with E-state index in [1.807, 2.05) is 0 Å². The first-order valence-corrected chi connectivity index (χ1v) is 4.88. The molecule has 1 heterocycles. The molecule has 3 nitrogen and oxygen atoms in total. The number of carbonyl (C=O) groups excluding carboxylic acids is 1. The summed E-state index contributed by atoms with van der Waals surface area (Å²) >= 11 is 0. The number of amides is 1. The number of nitrogens with one attached hydrogen (secondary N) is 1. The lowest BCUT2D eigenvalue weighted by Gasteiger charge is -2.20. The Morgan fingerprint density at radius 1 is 1.54 bits per heavy atom. The van der Waals surface area contributed by atoms with Crippen molar-refractivity contribution in [2.75, 3.05) is 13.2 Å². The topological polar surface area (TPSA) is 38.3 Å². The molecule has 0 aliphatic carbocycles. The minimum absolute atomic E-state index is 0.0485. The van der Waals surface area contributed by atoms with Gasteiger partial charge in [-0.25, -0.2) is 0 Å². The van der Waals surface area contributed by atoms with Crippen LogP contribution in [0.4, 0.5) is 0 Å². The molecular weight excluding hydrogens is 166 g/mol. The molecule has 1 rings (SSSR count). The second kappa shape index (κ2) is 4.09. The summed E-state index contributed by atoms with van der Waals surface area (Å²) in [6.07, 6.45) is 1.69. The Bertz CT molecular complexity index is 178. The monoisotopic (exact) mass is 185 g/mol. The third-order valence-electron chi connectivity index (χ3n) is 2.02. The lowest BCUT2D eigenvalue weighted by Crippen LogP contribution is -2.38. The number of hydrogen-bond acceptors (Lipinski definition) is 2. The van der Waals surface area contributed by atoms with Gasteiger partial charge >= 0.3 is 0 Å². The fourth-order valence-corrected chi connectivity index (χ4v) is 1.25. The molecule has 3 heteroatoms. The highest BCUT2D eigenvalue weighted by atomic mass is 16.5. The Kier molecular flexibility index (Phi) is 3.31. The van der Waals surface area contributed by atoms with Crippen molar-refractivity contribution in [1.82, 2.24) is 5.32 Å². The fourth-order valence-electron chi connectivity index (χ4n) is 1.25. The normalized spacial score (nSPS) is 23.2. The summed E-state index contributed by atoms with van der Waals surface area (Å²) in [6.45, 7) is 7.74. The van der Waals surface area contributed by atoms with Crippen molar-refractivity contribution in [3.63, 3.8) is 0 Å². The summed E-state index contributed by atoms with van der Waals surface area (Å²) < 4.78 is 5.27. The summed E-state index contributed by atoms with van der Waals surface area (Å²) in [5, 5.41) is 2.90. The van der Waals surface area contributed by atoms with Gasteiger partial charge in [0, 0.05) is 13.2 Å².